The van der Waals surface area contributed by atoms with E-state index in [9.17, 15) is 4.79 Å². The van der Waals surface area contributed by atoms with Crippen LogP contribution >= 0.6 is 0 Å². The summed E-state index contributed by atoms with van der Waals surface area (Å²) in [6.45, 7) is 3.73. The molecule has 94 valence electrons. The molecule has 0 aliphatic carbocycles. The summed E-state index contributed by atoms with van der Waals surface area (Å²) in [5.41, 5.74) is -0.0192. The molecule has 0 saturated carbocycles. The molecule has 1 heterocycles. The molecule has 0 unspecified atom stereocenters. The van der Waals surface area contributed by atoms with Crippen LogP contribution in [0.2, 0.25) is 0 Å². The van der Waals surface area contributed by atoms with Gasteiger partial charge in [-0.3, -0.25) is 9.63 Å². The highest BCUT2D eigenvalue weighted by Gasteiger charge is 2.39. The number of hydrogen-bond acceptors (Lipinski definition) is 3. The van der Waals surface area contributed by atoms with Crippen molar-refractivity contribution in [3.8, 4) is 6.07 Å². The second-order valence-corrected chi connectivity index (χ2v) is 4.92. The van der Waals surface area contributed by atoms with Crippen LogP contribution in [0.3, 0.4) is 0 Å². The summed E-state index contributed by atoms with van der Waals surface area (Å²) >= 11 is 0. The lowest BCUT2D eigenvalue weighted by atomic mass is 9.93. The summed E-state index contributed by atoms with van der Waals surface area (Å²) in [5.74, 6) is -0.281. The van der Waals surface area contributed by atoms with Gasteiger partial charge in [0.25, 0.3) is 5.91 Å². The van der Waals surface area contributed by atoms with Crippen molar-refractivity contribution in [2.75, 3.05) is 6.61 Å². The quantitative estimate of drug-likeness (QED) is 0.803. The van der Waals surface area contributed by atoms with Gasteiger partial charge in [-0.25, -0.2) is 5.06 Å². The molecule has 1 fully saturated rings. The van der Waals surface area contributed by atoms with Gasteiger partial charge in [-0.1, -0.05) is 30.3 Å². The standard InChI is InChI=1S/C14H16N2O2/c1-14(2,10-15)13(17)16-12(8-9-18-16)11-6-4-3-5-7-11/h3-7,12H,8-9H2,1-2H3/t12-/m0/s1. The van der Waals surface area contributed by atoms with Crippen LogP contribution in [-0.4, -0.2) is 17.6 Å². The van der Waals surface area contributed by atoms with Gasteiger partial charge in [-0.05, 0) is 19.4 Å². The zero-order chi connectivity index (χ0) is 13.2. The van der Waals surface area contributed by atoms with Crippen LogP contribution < -0.4 is 0 Å². The summed E-state index contributed by atoms with van der Waals surface area (Å²) in [7, 11) is 0. The Morgan fingerprint density at radius 3 is 2.72 bits per heavy atom. The number of rotatable bonds is 2. The summed E-state index contributed by atoms with van der Waals surface area (Å²) < 4.78 is 0. The second-order valence-electron chi connectivity index (χ2n) is 4.92. The van der Waals surface area contributed by atoms with Crippen molar-refractivity contribution in [1.29, 1.82) is 5.26 Å². The van der Waals surface area contributed by atoms with E-state index < -0.39 is 5.41 Å². The van der Waals surface area contributed by atoms with Crippen molar-refractivity contribution >= 4 is 5.91 Å². The van der Waals surface area contributed by atoms with Gasteiger partial charge in [0.1, 0.15) is 5.41 Å². The van der Waals surface area contributed by atoms with Crippen molar-refractivity contribution in [3.63, 3.8) is 0 Å². The van der Waals surface area contributed by atoms with E-state index in [4.69, 9.17) is 10.1 Å². The zero-order valence-corrected chi connectivity index (χ0v) is 10.6. The largest absolute Gasteiger partial charge is 0.271 e. The minimum absolute atomic E-state index is 0.0914. The predicted molar refractivity (Wildman–Crippen MR) is 66.0 cm³/mol. The maximum absolute atomic E-state index is 12.3. The molecule has 1 aromatic carbocycles. The van der Waals surface area contributed by atoms with E-state index in [2.05, 4.69) is 0 Å². The minimum atomic E-state index is -1.06. The summed E-state index contributed by atoms with van der Waals surface area (Å²) in [4.78, 5) is 17.7. The van der Waals surface area contributed by atoms with E-state index in [-0.39, 0.29) is 11.9 Å². The molecule has 1 saturated heterocycles. The molecule has 1 aliphatic heterocycles. The second kappa shape index (κ2) is 4.79. The van der Waals surface area contributed by atoms with Gasteiger partial charge in [0.15, 0.2) is 0 Å². The van der Waals surface area contributed by atoms with Crippen molar-refractivity contribution in [2.24, 2.45) is 5.41 Å². The Kier molecular flexibility index (Phi) is 3.35. The number of nitrogens with zero attached hydrogens (tertiary/aromatic N) is 2. The number of carbonyl (C=O) groups excluding carboxylic acids is 1. The van der Waals surface area contributed by atoms with Gasteiger partial charge < -0.3 is 0 Å². The molecular weight excluding hydrogens is 228 g/mol. The molecule has 1 aliphatic rings. The third-order valence-electron chi connectivity index (χ3n) is 3.10. The third-order valence-corrected chi connectivity index (χ3v) is 3.10. The van der Waals surface area contributed by atoms with E-state index in [1.54, 1.807) is 13.8 Å². The first-order valence-electron chi connectivity index (χ1n) is 5.99. The Balaban J connectivity index is 2.24. The van der Waals surface area contributed by atoms with Gasteiger partial charge in [-0.15, -0.1) is 0 Å². The van der Waals surface area contributed by atoms with Crippen LogP contribution in [0, 0.1) is 16.7 Å². The first-order valence-corrected chi connectivity index (χ1v) is 5.99. The van der Waals surface area contributed by atoms with Gasteiger partial charge in [0, 0.05) is 6.42 Å². The zero-order valence-electron chi connectivity index (χ0n) is 10.6. The van der Waals surface area contributed by atoms with E-state index in [0.717, 1.165) is 12.0 Å². The Hall–Kier alpha value is -1.86. The Morgan fingerprint density at radius 1 is 1.44 bits per heavy atom. The highest BCUT2D eigenvalue weighted by Crippen LogP contribution is 2.33. The number of hydroxylamine groups is 2. The molecule has 1 atom stereocenters. The fourth-order valence-electron chi connectivity index (χ4n) is 1.97. The lowest BCUT2D eigenvalue weighted by molar-refractivity contribution is -0.184. The van der Waals surface area contributed by atoms with E-state index in [1.165, 1.54) is 5.06 Å². The first-order chi connectivity index (χ1) is 8.56. The molecular formula is C14H16N2O2. The Morgan fingerprint density at radius 2 is 2.11 bits per heavy atom. The molecule has 0 radical (unpaired) electrons. The van der Waals surface area contributed by atoms with Crippen molar-refractivity contribution in [1.82, 2.24) is 5.06 Å². The van der Waals surface area contributed by atoms with E-state index in [0.29, 0.717) is 6.61 Å². The molecule has 0 spiro atoms. The van der Waals surface area contributed by atoms with Gasteiger partial charge >= 0.3 is 0 Å². The Labute approximate surface area is 107 Å². The van der Waals surface area contributed by atoms with E-state index >= 15 is 0 Å². The number of benzene rings is 1. The molecule has 1 aromatic rings. The number of hydrogen-bond donors (Lipinski definition) is 0. The average Bonchev–Trinajstić information content (AvgIpc) is 2.87. The summed E-state index contributed by atoms with van der Waals surface area (Å²) in [5, 5.41) is 10.4. The average molecular weight is 244 g/mol. The topological polar surface area (TPSA) is 53.3 Å². The molecule has 4 heteroatoms. The first kappa shape index (κ1) is 12.6. The van der Waals surface area contributed by atoms with Crippen LogP contribution in [0.5, 0.6) is 0 Å². The van der Waals surface area contributed by atoms with Crippen LogP contribution in [0.25, 0.3) is 0 Å². The lowest BCUT2D eigenvalue weighted by Gasteiger charge is -2.27. The minimum Gasteiger partial charge on any atom is -0.271 e. The normalized spacial score (nSPS) is 19.6. The molecule has 0 bridgehead atoms. The maximum Gasteiger partial charge on any atom is 0.266 e. The molecule has 0 N–H and O–H groups in total. The number of nitriles is 1. The van der Waals surface area contributed by atoms with Crippen LogP contribution in [0.15, 0.2) is 30.3 Å². The van der Waals surface area contributed by atoms with E-state index in [1.807, 2.05) is 36.4 Å². The maximum atomic E-state index is 12.3. The Bertz CT molecular complexity index is 476. The fourth-order valence-corrected chi connectivity index (χ4v) is 1.97. The highest BCUT2D eigenvalue weighted by atomic mass is 16.7. The van der Waals surface area contributed by atoms with Crippen LogP contribution in [-0.2, 0) is 9.63 Å². The predicted octanol–water partition coefficient (Wildman–Crippen LogP) is 2.44. The summed E-state index contributed by atoms with van der Waals surface area (Å²) in [6, 6.07) is 11.7. The molecule has 4 nitrogen and oxygen atoms in total. The van der Waals surface area contributed by atoms with Crippen LogP contribution in [0.4, 0.5) is 0 Å². The number of carbonyl (C=O) groups is 1. The fraction of sp³-hybridized carbons (Fsp3) is 0.429. The molecule has 0 aromatic heterocycles. The van der Waals surface area contributed by atoms with Crippen molar-refractivity contribution in [3.05, 3.63) is 35.9 Å². The van der Waals surface area contributed by atoms with Crippen molar-refractivity contribution in [2.45, 2.75) is 26.3 Å². The third kappa shape index (κ3) is 2.22. The summed E-state index contributed by atoms with van der Waals surface area (Å²) in [6.07, 6.45) is 0.761. The van der Waals surface area contributed by atoms with Crippen molar-refractivity contribution < 1.29 is 9.63 Å². The highest BCUT2D eigenvalue weighted by molar-refractivity contribution is 5.84. The van der Waals surface area contributed by atoms with Gasteiger partial charge in [0.2, 0.25) is 0 Å². The molecule has 2 rings (SSSR count). The lowest BCUT2D eigenvalue weighted by Crippen LogP contribution is -2.39. The van der Waals surface area contributed by atoms with Gasteiger partial charge in [-0.2, -0.15) is 5.26 Å². The van der Waals surface area contributed by atoms with Crippen LogP contribution in [0.1, 0.15) is 31.9 Å². The molecule has 18 heavy (non-hydrogen) atoms. The monoisotopic (exact) mass is 244 g/mol. The SMILES string of the molecule is CC(C)(C#N)C(=O)N1OCC[C@H]1c1ccccc1. The number of amides is 1. The van der Waals surface area contributed by atoms with Gasteiger partial charge in [0.05, 0.1) is 18.7 Å². The smallest absolute Gasteiger partial charge is 0.266 e. The molecule has 1 amide bonds.